The van der Waals surface area contributed by atoms with Crippen molar-refractivity contribution in [2.24, 2.45) is 0 Å². The van der Waals surface area contributed by atoms with Gasteiger partial charge in [0.15, 0.2) is 0 Å². The maximum atomic E-state index is 13.3. The van der Waals surface area contributed by atoms with Crippen LogP contribution in [0, 0.1) is 10.1 Å². The summed E-state index contributed by atoms with van der Waals surface area (Å²) in [6, 6.07) is 10.5. The standard InChI is InChI=1S/C25H28F6N2O3.CH4O2S/c1-3-9-22(33(34)35)10-11-23(32-15-22,19-7-5-4-6-8-19)16-36-17(2)18-12-20(24(26,27)28)14-21(13-18)25(29,30)31;1-4(2)3/h4-8,12-14,17,32H,3,9-11,15-16H2,1-2H3;1H3,(H,2,3)/t17-,22-,23-;/m1./s1. The van der Waals surface area contributed by atoms with Crippen molar-refractivity contribution in [3.05, 3.63) is 80.9 Å². The highest BCUT2D eigenvalue weighted by atomic mass is 32.2. The predicted octanol–water partition coefficient (Wildman–Crippen LogP) is 5.37. The zero-order chi connectivity index (χ0) is 30.4. The normalized spacial score (nSPS) is 23.1. The lowest BCUT2D eigenvalue weighted by molar-refractivity contribution is -0.788. The summed E-state index contributed by atoms with van der Waals surface area (Å²) in [6.45, 7) is 3.41. The monoisotopic (exact) mass is 598 g/mol. The summed E-state index contributed by atoms with van der Waals surface area (Å²) in [4.78, 5) is 11.6. The lowest BCUT2D eigenvalue weighted by Gasteiger charge is -2.40. The van der Waals surface area contributed by atoms with E-state index in [-0.39, 0.29) is 36.1 Å². The number of nitrogens with zero attached hydrogens (tertiary/aromatic N) is 1. The first-order valence-electron chi connectivity index (χ1n) is 12.4. The van der Waals surface area contributed by atoms with Crippen molar-refractivity contribution in [2.45, 2.75) is 69.1 Å². The molecule has 2 aromatic carbocycles. The molecule has 2 N–H and O–H groups in total. The van der Waals surface area contributed by atoms with Gasteiger partial charge in [0, 0.05) is 29.7 Å². The van der Waals surface area contributed by atoms with Crippen LogP contribution in [-0.2, 0) is 33.7 Å². The van der Waals surface area contributed by atoms with E-state index in [2.05, 4.69) is 0 Å². The summed E-state index contributed by atoms with van der Waals surface area (Å²) in [5.41, 5.74) is -4.09. The highest BCUT2D eigenvalue weighted by molar-refractivity contribution is 7.78. The SMILES string of the molecule is CCC[C@@]1([N+](=O)[O-])CC[C@@](CO[C@H](C)c2cc(C(F)(F)F)cc(C(F)(F)F)c2)(c2ccccc2)[NH2+]C1.CS(=O)[O-]. The van der Waals surface area contributed by atoms with Gasteiger partial charge in [-0.1, -0.05) is 48.3 Å². The smallest absolute Gasteiger partial charge is 0.416 e. The maximum absolute atomic E-state index is 13.3. The first-order chi connectivity index (χ1) is 18.5. The summed E-state index contributed by atoms with van der Waals surface area (Å²) in [5.74, 6) is 0. The fraction of sp³-hybridized carbons (Fsp3) is 0.538. The van der Waals surface area contributed by atoms with Gasteiger partial charge in [-0.25, -0.2) is 0 Å². The first kappa shape index (κ1) is 33.7. The van der Waals surface area contributed by atoms with E-state index in [0.29, 0.717) is 31.4 Å². The molecular formula is C26H32F6N2O5S. The molecular weight excluding hydrogens is 566 g/mol. The molecule has 0 amide bonds. The number of benzene rings is 2. The number of quaternary nitrogens is 1. The molecule has 1 heterocycles. The Morgan fingerprint density at radius 3 is 1.98 bits per heavy atom. The predicted molar refractivity (Wildman–Crippen MR) is 134 cm³/mol. The topological polar surface area (TPSA) is 109 Å². The van der Waals surface area contributed by atoms with Crippen LogP contribution >= 0.6 is 0 Å². The molecule has 7 nitrogen and oxygen atoms in total. The largest absolute Gasteiger partial charge is 0.773 e. The van der Waals surface area contributed by atoms with E-state index < -0.39 is 51.7 Å². The number of nitro groups is 1. The maximum Gasteiger partial charge on any atom is 0.416 e. The summed E-state index contributed by atoms with van der Waals surface area (Å²) < 4.78 is 104. The number of halogens is 6. The zero-order valence-electron chi connectivity index (χ0n) is 22.2. The number of piperidine rings is 1. The molecule has 0 spiro atoms. The molecule has 0 radical (unpaired) electrons. The molecule has 1 unspecified atom stereocenters. The molecule has 1 aliphatic rings. The molecule has 40 heavy (non-hydrogen) atoms. The van der Waals surface area contributed by atoms with Crippen LogP contribution in [0.2, 0.25) is 0 Å². The van der Waals surface area contributed by atoms with Gasteiger partial charge in [-0.15, -0.1) is 0 Å². The van der Waals surface area contributed by atoms with Gasteiger partial charge < -0.3 is 14.6 Å². The number of rotatable bonds is 8. The Morgan fingerprint density at radius 1 is 1.05 bits per heavy atom. The molecule has 1 aliphatic heterocycles. The molecule has 0 aromatic heterocycles. The molecule has 0 bridgehead atoms. The van der Waals surface area contributed by atoms with Crippen molar-refractivity contribution >= 4 is 11.1 Å². The highest BCUT2D eigenvalue weighted by Crippen LogP contribution is 2.39. The van der Waals surface area contributed by atoms with Crippen molar-refractivity contribution in [1.29, 1.82) is 0 Å². The minimum Gasteiger partial charge on any atom is -0.773 e. The number of nitrogens with two attached hydrogens (primary N) is 1. The molecule has 2 aromatic rings. The Morgan fingerprint density at radius 2 is 1.57 bits per heavy atom. The lowest BCUT2D eigenvalue weighted by atomic mass is 9.75. The molecule has 4 atom stereocenters. The number of alkyl halides is 6. The Bertz CT molecular complexity index is 1120. The molecule has 224 valence electrons. The van der Waals surface area contributed by atoms with Crippen molar-refractivity contribution in [3.63, 3.8) is 0 Å². The van der Waals surface area contributed by atoms with Crippen LogP contribution < -0.4 is 5.32 Å². The summed E-state index contributed by atoms with van der Waals surface area (Å²) >= 11 is -1.86. The molecule has 1 saturated heterocycles. The van der Waals surface area contributed by atoms with E-state index >= 15 is 0 Å². The van der Waals surface area contributed by atoms with Crippen LogP contribution in [-0.4, -0.2) is 38.6 Å². The summed E-state index contributed by atoms with van der Waals surface area (Å²) in [5, 5.41) is 13.7. The van der Waals surface area contributed by atoms with E-state index in [1.54, 1.807) is 12.1 Å². The molecule has 0 aliphatic carbocycles. The summed E-state index contributed by atoms with van der Waals surface area (Å²) in [7, 11) is 0. The molecule has 3 rings (SSSR count). The second kappa shape index (κ2) is 13.4. The number of ether oxygens (including phenoxy) is 1. The van der Waals surface area contributed by atoms with Gasteiger partial charge >= 0.3 is 12.4 Å². The minimum absolute atomic E-state index is 0.0459. The van der Waals surface area contributed by atoms with Crippen LogP contribution in [0.3, 0.4) is 0 Å². The summed E-state index contributed by atoms with van der Waals surface area (Å²) in [6.07, 6.45) is -8.23. The molecule has 14 heteroatoms. The average molecular weight is 599 g/mol. The molecule has 1 fully saturated rings. The van der Waals surface area contributed by atoms with E-state index in [4.69, 9.17) is 13.5 Å². The highest BCUT2D eigenvalue weighted by Gasteiger charge is 2.54. The fourth-order valence-electron chi connectivity index (χ4n) is 4.83. The van der Waals surface area contributed by atoms with E-state index in [0.717, 1.165) is 11.8 Å². The van der Waals surface area contributed by atoms with Gasteiger partial charge in [0.1, 0.15) is 18.7 Å². The third kappa shape index (κ3) is 8.72. The van der Waals surface area contributed by atoms with Crippen LogP contribution in [0.15, 0.2) is 48.5 Å². The van der Waals surface area contributed by atoms with E-state index in [1.165, 1.54) is 6.92 Å². The Hall–Kier alpha value is -2.55. The van der Waals surface area contributed by atoms with E-state index in [9.17, 15) is 36.5 Å². The third-order valence-corrected chi connectivity index (χ3v) is 7.03. The Balaban J connectivity index is 0.00000131. The van der Waals surface area contributed by atoms with Crippen molar-refractivity contribution < 1.29 is 50.1 Å². The second-order valence-corrected chi connectivity index (χ2v) is 10.7. The third-order valence-electron chi connectivity index (χ3n) is 7.03. The number of hydrogen-bond donors (Lipinski definition) is 1. The van der Waals surface area contributed by atoms with E-state index in [1.807, 2.05) is 30.4 Å². The zero-order valence-corrected chi connectivity index (χ0v) is 23.0. The number of hydrogen-bond acceptors (Lipinski definition) is 5. The fourth-order valence-corrected chi connectivity index (χ4v) is 4.83. The van der Waals surface area contributed by atoms with Gasteiger partial charge in [-0.3, -0.25) is 14.3 Å². The van der Waals surface area contributed by atoms with Gasteiger partial charge in [-0.2, -0.15) is 26.3 Å². The van der Waals surface area contributed by atoms with Crippen LogP contribution in [0.4, 0.5) is 26.3 Å². The minimum atomic E-state index is -4.96. The van der Waals surface area contributed by atoms with Crippen LogP contribution in [0.1, 0.15) is 67.9 Å². The second-order valence-electron chi connectivity index (χ2n) is 9.86. The van der Waals surface area contributed by atoms with Gasteiger partial charge in [0.05, 0.1) is 17.2 Å². The quantitative estimate of drug-likeness (QED) is 0.190. The van der Waals surface area contributed by atoms with Crippen molar-refractivity contribution in [3.8, 4) is 0 Å². The first-order valence-corrected chi connectivity index (χ1v) is 13.9. The van der Waals surface area contributed by atoms with Gasteiger partial charge in [0.2, 0.25) is 0 Å². The lowest BCUT2D eigenvalue weighted by Crippen LogP contribution is -3.01. The van der Waals surface area contributed by atoms with Crippen molar-refractivity contribution in [2.75, 3.05) is 19.4 Å². The van der Waals surface area contributed by atoms with Gasteiger partial charge in [-0.05, 0) is 43.4 Å². The van der Waals surface area contributed by atoms with Gasteiger partial charge in [0.25, 0.3) is 5.54 Å². The molecule has 0 saturated carbocycles. The Kier molecular flexibility index (Phi) is 11.3. The van der Waals surface area contributed by atoms with Crippen molar-refractivity contribution in [1.82, 2.24) is 0 Å². The van der Waals surface area contributed by atoms with Crippen LogP contribution in [0.25, 0.3) is 0 Å². The average Bonchev–Trinajstić information content (AvgIpc) is 2.87. The Labute approximate surface area is 230 Å². The van der Waals surface area contributed by atoms with Crippen LogP contribution in [0.5, 0.6) is 0 Å².